The first-order valence-corrected chi connectivity index (χ1v) is 9.31. The normalized spacial score (nSPS) is 12.2. The fourth-order valence-corrected chi connectivity index (χ4v) is 4.28. The van der Waals surface area contributed by atoms with E-state index >= 15 is 0 Å². The summed E-state index contributed by atoms with van der Waals surface area (Å²) in [5, 5.41) is 11.4. The van der Waals surface area contributed by atoms with Gasteiger partial charge in [-0.15, -0.1) is 0 Å². The molecule has 26 heavy (non-hydrogen) atoms. The standard InChI is InChI=1S/C18H12BrN3O3S/c1-25-14-7-6-13(19)12-8-15-17(16(12)14)21-18(26-15)20-9-10-2-4-11(5-3-10)22(23)24/h2-7,9H,8H2,1H3. The van der Waals surface area contributed by atoms with Crippen LogP contribution in [-0.2, 0) is 6.42 Å². The fourth-order valence-electron chi connectivity index (χ4n) is 2.89. The summed E-state index contributed by atoms with van der Waals surface area (Å²) in [7, 11) is 1.65. The van der Waals surface area contributed by atoms with Crippen LogP contribution >= 0.6 is 27.3 Å². The number of aliphatic imine (C=N–C) groups is 1. The summed E-state index contributed by atoms with van der Waals surface area (Å²) in [4.78, 5) is 20.5. The Labute approximate surface area is 161 Å². The second-order valence-corrected chi connectivity index (χ2v) is 7.57. The van der Waals surface area contributed by atoms with E-state index in [2.05, 4.69) is 25.9 Å². The van der Waals surface area contributed by atoms with E-state index in [0.29, 0.717) is 5.13 Å². The molecule has 1 aromatic heterocycles. The summed E-state index contributed by atoms with van der Waals surface area (Å²) in [6.07, 6.45) is 2.46. The van der Waals surface area contributed by atoms with Gasteiger partial charge in [0.05, 0.1) is 17.7 Å². The van der Waals surface area contributed by atoms with Gasteiger partial charge in [-0.05, 0) is 35.4 Å². The van der Waals surface area contributed by atoms with Gasteiger partial charge in [-0.3, -0.25) is 10.1 Å². The number of non-ortho nitro benzene ring substituents is 1. The quantitative estimate of drug-likeness (QED) is 0.255. The number of benzene rings is 2. The Morgan fingerprint density at radius 2 is 2.08 bits per heavy atom. The molecule has 8 heteroatoms. The highest BCUT2D eigenvalue weighted by Crippen LogP contribution is 2.48. The number of nitro groups is 1. The summed E-state index contributed by atoms with van der Waals surface area (Å²) in [6, 6.07) is 10.2. The number of methoxy groups -OCH3 is 1. The molecule has 0 amide bonds. The van der Waals surface area contributed by atoms with Gasteiger partial charge in [0, 0.05) is 39.7 Å². The average molecular weight is 430 g/mol. The number of hydrogen-bond acceptors (Lipinski definition) is 6. The molecule has 2 aromatic carbocycles. The number of thiazole rings is 1. The zero-order valence-corrected chi connectivity index (χ0v) is 16.0. The summed E-state index contributed by atoms with van der Waals surface area (Å²) >= 11 is 5.13. The van der Waals surface area contributed by atoms with Gasteiger partial charge in [-0.2, -0.15) is 0 Å². The van der Waals surface area contributed by atoms with Gasteiger partial charge in [0.15, 0.2) is 0 Å². The summed E-state index contributed by atoms with van der Waals surface area (Å²) in [5.41, 5.74) is 3.96. The highest BCUT2D eigenvalue weighted by atomic mass is 79.9. The molecule has 1 aliphatic carbocycles. The molecule has 0 saturated carbocycles. The molecular formula is C18H12BrN3O3S. The van der Waals surface area contributed by atoms with E-state index < -0.39 is 4.92 Å². The maximum atomic E-state index is 10.7. The van der Waals surface area contributed by atoms with Crippen molar-refractivity contribution >= 4 is 44.3 Å². The molecule has 0 bridgehead atoms. The number of nitro benzene ring substituents is 1. The van der Waals surface area contributed by atoms with E-state index in [9.17, 15) is 10.1 Å². The smallest absolute Gasteiger partial charge is 0.269 e. The average Bonchev–Trinajstić information content (AvgIpc) is 3.19. The SMILES string of the molecule is COc1ccc(Br)c2c1-c1nc(N=Cc3ccc([N+](=O)[O-])cc3)sc1C2. The van der Waals surface area contributed by atoms with Crippen molar-refractivity contribution < 1.29 is 9.66 Å². The fraction of sp³-hybridized carbons (Fsp3) is 0.111. The van der Waals surface area contributed by atoms with E-state index in [-0.39, 0.29) is 5.69 Å². The topological polar surface area (TPSA) is 77.6 Å². The van der Waals surface area contributed by atoms with Crippen LogP contribution in [0.2, 0.25) is 0 Å². The van der Waals surface area contributed by atoms with Gasteiger partial charge in [0.1, 0.15) is 5.75 Å². The van der Waals surface area contributed by atoms with Gasteiger partial charge in [-0.1, -0.05) is 27.3 Å². The lowest BCUT2D eigenvalue weighted by atomic mass is 10.1. The molecule has 0 spiro atoms. The second kappa shape index (κ2) is 6.62. The number of nitrogens with zero attached hydrogens (tertiary/aromatic N) is 3. The highest BCUT2D eigenvalue weighted by Gasteiger charge is 2.28. The maximum Gasteiger partial charge on any atom is 0.269 e. The first kappa shape index (κ1) is 16.9. The van der Waals surface area contributed by atoms with Crippen LogP contribution in [-0.4, -0.2) is 23.2 Å². The number of aromatic nitrogens is 1. The predicted molar refractivity (Wildman–Crippen MR) is 105 cm³/mol. The Morgan fingerprint density at radius 1 is 1.31 bits per heavy atom. The van der Waals surface area contributed by atoms with Crippen molar-refractivity contribution in [1.82, 2.24) is 4.98 Å². The first-order chi connectivity index (χ1) is 12.6. The predicted octanol–water partition coefficient (Wildman–Crippen LogP) is 5.14. The van der Waals surface area contributed by atoms with Crippen molar-refractivity contribution in [2.24, 2.45) is 4.99 Å². The van der Waals surface area contributed by atoms with E-state index in [1.807, 2.05) is 12.1 Å². The largest absolute Gasteiger partial charge is 0.496 e. The molecule has 3 aromatic rings. The van der Waals surface area contributed by atoms with E-state index in [1.165, 1.54) is 17.7 Å². The summed E-state index contributed by atoms with van der Waals surface area (Å²) in [5.74, 6) is 0.804. The molecule has 0 radical (unpaired) electrons. The van der Waals surface area contributed by atoms with Crippen LogP contribution in [0, 0.1) is 10.1 Å². The molecule has 130 valence electrons. The van der Waals surface area contributed by atoms with Crippen molar-refractivity contribution in [3.63, 3.8) is 0 Å². The zero-order valence-electron chi connectivity index (χ0n) is 13.6. The van der Waals surface area contributed by atoms with Gasteiger partial charge in [0.25, 0.3) is 5.69 Å². The summed E-state index contributed by atoms with van der Waals surface area (Å²) in [6.45, 7) is 0. The number of ether oxygens (including phenoxy) is 1. The van der Waals surface area contributed by atoms with Crippen molar-refractivity contribution in [3.8, 4) is 17.0 Å². The van der Waals surface area contributed by atoms with Crippen LogP contribution in [0.25, 0.3) is 11.3 Å². The molecule has 1 heterocycles. The Balaban J connectivity index is 1.64. The lowest BCUT2D eigenvalue weighted by Crippen LogP contribution is -1.90. The minimum atomic E-state index is -0.421. The molecule has 0 atom stereocenters. The monoisotopic (exact) mass is 429 g/mol. The van der Waals surface area contributed by atoms with Gasteiger partial charge in [0.2, 0.25) is 5.13 Å². The van der Waals surface area contributed by atoms with E-state index in [1.54, 1.807) is 36.8 Å². The lowest BCUT2D eigenvalue weighted by Gasteiger charge is -2.08. The van der Waals surface area contributed by atoms with Crippen LogP contribution in [0.1, 0.15) is 16.0 Å². The van der Waals surface area contributed by atoms with Crippen LogP contribution in [0.5, 0.6) is 5.75 Å². The van der Waals surface area contributed by atoms with Crippen LogP contribution in [0.15, 0.2) is 45.9 Å². The van der Waals surface area contributed by atoms with Gasteiger partial charge < -0.3 is 4.74 Å². The number of rotatable bonds is 4. The van der Waals surface area contributed by atoms with Crippen molar-refractivity contribution in [2.75, 3.05) is 7.11 Å². The van der Waals surface area contributed by atoms with E-state index in [4.69, 9.17) is 4.74 Å². The number of halogens is 1. The Morgan fingerprint density at radius 3 is 2.77 bits per heavy atom. The molecule has 1 aliphatic rings. The molecule has 0 N–H and O–H groups in total. The second-order valence-electron chi connectivity index (χ2n) is 5.66. The minimum absolute atomic E-state index is 0.0599. The molecule has 0 unspecified atom stereocenters. The van der Waals surface area contributed by atoms with E-state index in [0.717, 1.165) is 38.3 Å². The number of hydrogen-bond donors (Lipinski definition) is 0. The minimum Gasteiger partial charge on any atom is -0.496 e. The number of fused-ring (bicyclic) bond motifs is 3. The van der Waals surface area contributed by atoms with Crippen molar-refractivity contribution in [2.45, 2.75) is 6.42 Å². The van der Waals surface area contributed by atoms with Crippen LogP contribution < -0.4 is 4.74 Å². The third-order valence-corrected chi connectivity index (χ3v) is 5.83. The first-order valence-electron chi connectivity index (χ1n) is 7.71. The molecular weight excluding hydrogens is 418 g/mol. The third-order valence-electron chi connectivity index (χ3n) is 4.13. The Bertz CT molecular complexity index is 1040. The van der Waals surface area contributed by atoms with Crippen LogP contribution in [0.3, 0.4) is 0 Å². The van der Waals surface area contributed by atoms with Crippen molar-refractivity contribution in [3.05, 3.63) is 67.0 Å². The zero-order chi connectivity index (χ0) is 18.3. The third kappa shape index (κ3) is 2.91. The van der Waals surface area contributed by atoms with Gasteiger partial charge in [-0.25, -0.2) is 9.98 Å². The molecule has 0 aliphatic heterocycles. The lowest BCUT2D eigenvalue weighted by molar-refractivity contribution is -0.384. The molecule has 6 nitrogen and oxygen atoms in total. The molecule has 0 fully saturated rings. The molecule has 4 rings (SSSR count). The molecule has 0 saturated heterocycles. The van der Waals surface area contributed by atoms with Crippen molar-refractivity contribution in [1.29, 1.82) is 0 Å². The van der Waals surface area contributed by atoms with Gasteiger partial charge >= 0.3 is 0 Å². The maximum absolute atomic E-state index is 10.7. The Hall–Kier alpha value is -2.58. The summed E-state index contributed by atoms with van der Waals surface area (Å²) < 4.78 is 6.54. The van der Waals surface area contributed by atoms with Crippen LogP contribution in [0.4, 0.5) is 10.8 Å². The Kier molecular flexibility index (Phi) is 4.29. The highest BCUT2D eigenvalue weighted by molar-refractivity contribution is 9.10.